The summed E-state index contributed by atoms with van der Waals surface area (Å²) < 4.78 is 20.5. The Hall–Kier alpha value is -0.710. The molecule has 0 bridgehead atoms. The Morgan fingerprint density at radius 1 is 1.67 bits per heavy atom. The number of halogens is 2. The van der Waals surface area contributed by atoms with Crippen molar-refractivity contribution in [2.45, 2.75) is 0 Å². The highest BCUT2D eigenvalue weighted by Crippen LogP contribution is 1.81. The van der Waals surface area contributed by atoms with E-state index in [4.69, 9.17) is 4.79 Å². The Morgan fingerprint density at radius 3 is 2.17 bits per heavy atom. The van der Waals surface area contributed by atoms with Crippen LogP contribution in [0.2, 0.25) is 0 Å². The summed E-state index contributed by atoms with van der Waals surface area (Å²) >= 11 is 0. The molecule has 0 heterocycles. The van der Waals surface area contributed by atoms with Crippen molar-refractivity contribution in [2.75, 3.05) is 0 Å². The van der Waals surface area contributed by atoms with E-state index >= 15 is 0 Å². The first kappa shape index (κ1) is 5.29. The van der Waals surface area contributed by atoms with Gasteiger partial charge < -0.3 is 0 Å². The third-order valence-corrected chi connectivity index (χ3v) is 0.0970. The van der Waals surface area contributed by atoms with Crippen molar-refractivity contribution in [1.29, 1.82) is 0 Å². The summed E-state index contributed by atoms with van der Waals surface area (Å²) in [6, 6.07) is 0. The van der Waals surface area contributed by atoms with Gasteiger partial charge in [-0.25, -0.2) is 9.68 Å². The van der Waals surface area contributed by atoms with Crippen LogP contribution in [0, 0.1) is 0 Å². The fourth-order valence-corrected chi connectivity index (χ4v) is 0.0248. The molecule has 0 aliphatic heterocycles. The molecule has 0 saturated carbocycles. The minimum atomic E-state index is -2.31. The summed E-state index contributed by atoms with van der Waals surface area (Å²) in [5.74, 6) is 0. The summed E-state index contributed by atoms with van der Waals surface area (Å²) in [5, 5.41) is 2.08. The SMILES string of the molecule is O=C(F)OOF. The van der Waals surface area contributed by atoms with E-state index < -0.39 is 6.22 Å². The van der Waals surface area contributed by atoms with Gasteiger partial charge in [0.15, 0.2) is 0 Å². The van der Waals surface area contributed by atoms with Gasteiger partial charge in [-0.05, 0) is 4.53 Å². The van der Waals surface area contributed by atoms with Gasteiger partial charge in [-0.1, -0.05) is 0 Å². The van der Waals surface area contributed by atoms with Crippen LogP contribution in [0.25, 0.3) is 0 Å². The second kappa shape index (κ2) is 2.52. The molecule has 36 valence electrons. The molecule has 3 nitrogen and oxygen atoms in total. The molecule has 0 fully saturated rings. The summed E-state index contributed by atoms with van der Waals surface area (Å²) in [7, 11) is 0. The Morgan fingerprint density at radius 2 is 2.17 bits per heavy atom. The summed E-state index contributed by atoms with van der Waals surface area (Å²) in [5.41, 5.74) is 0. The zero-order valence-corrected chi connectivity index (χ0v) is 2.48. The first-order chi connectivity index (χ1) is 2.77. The van der Waals surface area contributed by atoms with Crippen molar-refractivity contribution in [2.24, 2.45) is 0 Å². The fourth-order valence-electron chi connectivity index (χ4n) is 0.0248. The molecule has 0 aromatic carbocycles. The molecule has 0 aliphatic rings. The van der Waals surface area contributed by atoms with Crippen LogP contribution < -0.4 is 0 Å². The van der Waals surface area contributed by atoms with Gasteiger partial charge in [-0.15, -0.1) is 4.39 Å². The highest BCUT2D eigenvalue weighted by Gasteiger charge is 1.94. The van der Waals surface area contributed by atoms with Crippen molar-refractivity contribution in [3.05, 3.63) is 0 Å². The highest BCUT2D eigenvalue weighted by atomic mass is 19.3. The number of hydrogen-bond donors (Lipinski definition) is 0. The Bertz CT molecular complexity index is 52.8. The van der Waals surface area contributed by atoms with Crippen LogP contribution >= 0.6 is 0 Å². The summed E-state index contributed by atoms with van der Waals surface area (Å²) in [6.45, 7) is 0. The van der Waals surface area contributed by atoms with Crippen molar-refractivity contribution in [3.8, 4) is 0 Å². The standard InChI is InChI=1S/CF2O3/c2-1(4)5-6-3. The fraction of sp³-hybridized carbons (Fsp3) is 0. The topological polar surface area (TPSA) is 35.5 Å². The second-order valence-corrected chi connectivity index (χ2v) is 0.384. The van der Waals surface area contributed by atoms with Crippen molar-refractivity contribution in [1.82, 2.24) is 0 Å². The molecule has 0 aromatic heterocycles. The van der Waals surface area contributed by atoms with E-state index in [0.29, 0.717) is 0 Å². The molecular weight excluding hydrogens is 98.0 g/mol. The Balaban J connectivity index is 2.83. The summed E-state index contributed by atoms with van der Waals surface area (Å²) in [6.07, 6.45) is -2.31. The minimum absolute atomic E-state index is 2.08. The minimum Gasteiger partial charge on any atom is -0.231 e. The van der Waals surface area contributed by atoms with Gasteiger partial charge in [0, 0.05) is 5.09 Å². The zero-order chi connectivity index (χ0) is 4.99. The highest BCUT2D eigenvalue weighted by molar-refractivity contribution is 5.56. The average Bonchev–Trinajstić information content (AvgIpc) is 1.35. The van der Waals surface area contributed by atoms with Crippen LogP contribution in [-0.2, 0) is 9.98 Å². The van der Waals surface area contributed by atoms with Crippen molar-refractivity contribution in [3.63, 3.8) is 0 Å². The Labute approximate surface area is 31.3 Å². The molecule has 0 aromatic rings. The largest absolute Gasteiger partial charge is 0.529 e. The predicted octanol–water partition coefficient (Wildman–Crippen LogP) is 0.909. The van der Waals surface area contributed by atoms with Crippen LogP contribution in [0.4, 0.5) is 13.7 Å². The quantitative estimate of drug-likeness (QED) is 0.278. The lowest BCUT2D eigenvalue weighted by atomic mass is 11.5. The van der Waals surface area contributed by atoms with Gasteiger partial charge in [0.25, 0.3) is 0 Å². The lowest BCUT2D eigenvalue weighted by molar-refractivity contribution is -0.392. The van der Waals surface area contributed by atoms with Crippen LogP contribution in [0.3, 0.4) is 0 Å². The number of carbonyl (C=O) groups is 1. The molecule has 0 N–H and O–H groups in total. The van der Waals surface area contributed by atoms with Gasteiger partial charge in [0.2, 0.25) is 0 Å². The number of hydrogen-bond acceptors (Lipinski definition) is 3. The lowest BCUT2D eigenvalue weighted by Crippen LogP contribution is -1.87. The molecule has 0 amide bonds. The molecule has 5 heteroatoms. The van der Waals surface area contributed by atoms with Crippen LogP contribution in [-0.4, -0.2) is 6.22 Å². The second-order valence-electron chi connectivity index (χ2n) is 0.384. The molecule has 0 saturated heterocycles. The first-order valence-corrected chi connectivity index (χ1v) is 0.918. The average molecular weight is 98.0 g/mol. The lowest BCUT2D eigenvalue weighted by Gasteiger charge is -1.77. The van der Waals surface area contributed by atoms with E-state index in [2.05, 4.69) is 9.98 Å². The van der Waals surface area contributed by atoms with Crippen molar-refractivity contribution < 1.29 is 23.7 Å². The monoisotopic (exact) mass is 98.0 g/mol. The van der Waals surface area contributed by atoms with Gasteiger partial charge in [-0.2, -0.15) is 0 Å². The van der Waals surface area contributed by atoms with Gasteiger partial charge in [0.1, 0.15) is 0 Å². The molecule has 0 aliphatic carbocycles. The molecule has 0 radical (unpaired) electrons. The smallest absolute Gasteiger partial charge is 0.231 e. The molecule has 0 spiro atoms. The van der Waals surface area contributed by atoms with E-state index in [1.165, 1.54) is 0 Å². The number of carbonyl (C=O) groups excluding carboxylic acids is 1. The maximum atomic E-state index is 10.5. The third kappa shape index (κ3) is 3.29. The summed E-state index contributed by atoms with van der Waals surface area (Å²) in [4.78, 5) is 11.4. The van der Waals surface area contributed by atoms with Crippen LogP contribution in [0.5, 0.6) is 0 Å². The first-order valence-electron chi connectivity index (χ1n) is 0.918. The van der Waals surface area contributed by atoms with Crippen molar-refractivity contribution >= 4 is 6.22 Å². The molecule has 0 unspecified atom stereocenters. The number of rotatable bonds is 1. The molecular formula is CF2O3. The van der Waals surface area contributed by atoms with Gasteiger partial charge in [-0.3, -0.25) is 0 Å². The molecule has 0 rings (SSSR count). The van der Waals surface area contributed by atoms with Gasteiger partial charge in [0.05, 0.1) is 0 Å². The van der Waals surface area contributed by atoms with E-state index in [1.54, 1.807) is 0 Å². The van der Waals surface area contributed by atoms with Crippen LogP contribution in [0.1, 0.15) is 0 Å². The third-order valence-electron chi connectivity index (χ3n) is 0.0970. The van der Waals surface area contributed by atoms with E-state index in [-0.39, 0.29) is 0 Å². The van der Waals surface area contributed by atoms with E-state index in [9.17, 15) is 8.92 Å². The molecule has 6 heavy (non-hydrogen) atoms. The molecule has 0 atom stereocenters. The van der Waals surface area contributed by atoms with E-state index in [1.807, 2.05) is 0 Å². The normalized spacial score (nSPS) is 7.67. The maximum absolute atomic E-state index is 10.5. The van der Waals surface area contributed by atoms with E-state index in [0.717, 1.165) is 0 Å². The maximum Gasteiger partial charge on any atom is 0.529 e. The Kier molecular flexibility index (Phi) is 2.22. The predicted molar refractivity (Wildman–Crippen MR) is 9.78 cm³/mol. The van der Waals surface area contributed by atoms with Gasteiger partial charge >= 0.3 is 6.22 Å². The zero-order valence-electron chi connectivity index (χ0n) is 2.48. The van der Waals surface area contributed by atoms with Crippen LogP contribution in [0.15, 0.2) is 0 Å².